The minimum Gasteiger partial charge on any atom is -0.342 e. The van der Waals surface area contributed by atoms with Crippen LogP contribution in [-0.2, 0) is 11.3 Å². The Morgan fingerprint density at radius 3 is 2.42 bits per heavy atom. The third-order valence-corrected chi connectivity index (χ3v) is 5.12. The van der Waals surface area contributed by atoms with Crippen LogP contribution < -0.4 is 5.32 Å². The zero-order valence-corrected chi connectivity index (χ0v) is 18.2. The first-order chi connectivity index (χ1) is 14.9. The second kappa shape index (κ2) is 10.1. The van der Waals surface area contributed by atoms with Gasteiger partial charge in [-0.3, -0.25) is 9.59 Å². The molecule has 0 saturated heterocycles. The van der Waals surface area contributed by atoms with Gasteiger partial charge >= 0.3 is 0 Å². The number of fused-ring (bicyclic) bond motifs is 1. The Bertz CT molecular complexity index is 1090. The fourth-order valence-electron chi connectivity index (χ4n) is 3.36. The van der Waals surface area contributed by atoms with Crippen molar-refractivity contribution in [2.75, 3.05) is 13.1 Å². The van der Waals surface area contributed by atoms with E-state index < -0.39 is 6.04 Å². The Morgan fingerprint density at radius 1 is 1.13 bits per heavy atom. The van der Waals surface area contributed by atoms with Gasteiger partial charge in [0.1, 0.15) is 12.4 Å². The molecule has 0 radical (unpaired) electrons. The predicted molar refractivity (Wildman–Crippen MR) is 124 cm³/mol. The molecule has 7 heteroatoms. The van der Waals surface area contributed by atoms with Crippen molar-refractivity contribution in [3.63, 3.8) is 0 Å². The van der Waals surface area contributed by atoms with Gasteiger partial charge in [-0.1, -0.05) is 35.9 Å². The number of hydrogen-bond donors (Lipinski definition) is 1. The van der Waals surface area contributed by atoms with E-state index in [1.54, 1.807) is 41.3 Å². The van der Waals surface area contributed by atoms with Crippen molar-refractivity contribution in [1.29, 1.82) is 0 Å². The van der Waals surface area contributed by atoms with Gasteiger partial charge in [0.15, 0.2) is 0 Å². The van der Waals surface area contributed by atoms with Gasteiger partial charge in [0, 0.05) is 23.7 Å². The molecule has 0 bridgehead atoms. The molecule has 1 heterocycles. The summed E-state index contributed by atoms with van der Waals surface area (Å²) in [5, 5.41) is 3.53. The molecule has 0 spiro atoms. The number of benzene rings is 2. The molecule has 2 amide bonds. The van der Waals surface area contributed by atoms with E-state index in [9.17, 15) is 9.59 Å². The first-order valence-electron chi connectivity index (χ1n) is 9.95. The Labute approximate surface area is 186 Å². The van der Waals surface area contributed by atoms with Crippen LogP contribution >= 0.6 is 11.6 Å². The highest BCUT2D eigenvalue weighted by atomic mass is 35.5. The molecule has 31 heavy (non-hydrogen) atoms. The maximum atomic E-state index is 13.0. The fourth-order valence-corrected chi connectivity index (χ4v) is 3.49. The lowest BCUT2D eigenvalue weighted by Crippen LogP contribution is -2.35. The number of rotatable bonds is 9. The number of carbonyl (C=O) groups is 2. The molecule has 6 nitrogen and oxygen atoms in total. The summed E-state index contributed by atoms with van der Waals surface area (Å²) in [5.41, 5.74) is 2.09. The molecule has 1 atom stereocenters. The normalized spacial score (nSPS) is 11.7. The zero-order chi connectivity index (χ0) is 22.4. The average Bonchev–Trinajstić information content (AvgIpc) is 3.12. The Balaban J connectivity index is 1.90. The summed E-state index contributed by atoms with van der Waals surface area (Å²) < 4.78 is 1.85. The van der Waals surface area contributed by atoms with Gasteiger partial charge in [-0.05, 0) is 43.3 Å². The Kier molecular flexibility index (Phi) is 7.26. The van der Waals surface area contributed by atoms with Crippen LogP contribution in [0.3, 0.4) is 0 Å². The van der Waals surface area contributed by atoms with Crippen molar-refractivity contribution in [2.45, 2.75) is 19.5 Å². The molecule has 0 aliphatic heterocycles. The van der Waals surface area contributed by atoms with E-state index in [0.29, 0.717) is 29.5 Å². The van der Waals surface area contributed by atoms with Gasteiger partial charge in [0.2, 0.25) is 5.91 Å². The van der Waals surface area contributed by atoms with E-state index in [1.807, 2.05) is 35.8 Å². The van der Waals surface area contributed by atoms with Gasteiger partial charge in [-0.25, -0.2) is 4.98 Å². The lowest BCUT2D eigenvalue weighted by atomic mass is 10.2. The lowest BCUT2D eigenvalue weighted by Gasteiger charge is -2.22. The van der Waals surface area contributed by atoms with Crippen LogP contribution in [0.15, 0.2) is 73.8 Å². The van der Waals surface area contributed by atoms with E-state index in [-0.39, 0.29) is 18.4 Å². The van der Waals surface area contributed by atoms with E-state index in [4.69, 9.17) is 16.6 Å². The molecule has 0 fully saturated rings. The van der Waals surface area contributed by atoms with Crippen molar-refractivity contribution in [2.24, 2.45) is 0 Å². The molecule has 160 valence electrons. The smallest absolute Gasteiger partial charge is 0.251 e. The second-order valence-corrected chi connectivity index (χ2v) is 7.56. The fraction of sp³-hybridized carbons (Fsp3) is 0.208. The number of para-hydroxylation sites is 2. The molecular formula is C24H25ClN4O2. The molecule has 1 unspecified atom stereocenters. The van der Waals surface area contributed by atoms with Crippen LogP contribution in [0.25, 0.3) is 11.0 Å². The van der Waals surface area contributed by atoms with E-state index in [2.05, 4.69) is 18.5 Å². The van der Waals surface area contributed by atoms with Crippen molar-refractivity contribution in [1.82, 2.24) is 19.8 Å². The molecule has 3 aromatic rings. The number of imidazole rings is 1. The highest BCUT2D eigenvalue weighted by molar-refractivity contribution is 6.30. The number of hydrogen-bond acceptors (Lipinski definition) is 3. The summed E-state index contributed by atoms with van der Waals surface area (Å²) in [6.45, 7) is 10.2. The maximum absolute atomic E-state index is 13.0. The van der Waals surface area contributed by atoms with Crippen LogP contribution in [0.5, 0.6) is 0 Å². The molecule has 1 N–H and O–H groups in total. The standard InChI is InChI=1S/C24H25ClN4O2/c1-4-14-28(15-5-2)22(30)16-29-21-9-7-6-8-20(21)27-23(29)17(3)26-24(31)18-10-12-19(25)13-11-18/h4-13,17H,1-2,14-16H2,3H3,(H,26,31). The first-order valence-corrected chi connectivity index (χ1v) is 10.3. The minimum atomic E-state index is -0.421. The molecule has 1 aromatic heterocycles. The van der Waals surface area contributed by atoms with Crippen LogP contribution in [0.1, 0.15) is 29.1 Å². The van der Waals surface area contributed by atoms with Crippen molar-refractivity contribution >= 4 is 34.4 Å². The van der Waals surface area contributed by atoms with E-state index in [0.717, 1.165) is 11.0 Å². The number of nitrogens with one attached hydrogen (secondary N) is 1. The Hall–Kier alpha value is -3.38. The topological polar surface area (TPSA) is 67.2 Å². The minimum absolute atomic E-state index is 0.0829. The van der Waals surface area contributed by atoms with Gasteiger partial charge in [0.05, 0.1) is 17.1 Å². The average molecular weight is 437 g/mol. The first kappa shape index (κ1) is 22.3. The van der Waals surface area contributed by atoms with Gasteiger partial charge in [0.25, 0.3) is 5.91 Å². The molecule has 3 rings (SSSR count). The highest BCUT2D eigenvalue weighted by Gasteiger charge is 2.22. The molecule has 0 aliphatic rings. The number of nitrogens with zero attached hydrogens (tertiary/aromatic N) is 3. The monoisotopic (exact) mass is 436 g/mol. The summed E-state index contributed by atoms with van der Waals surface area (Å²) in [5.74, 6) is 0.281. The van der Waals surface area contributed by atoms with Crippen molar-refractivity contribution in [3.8, 4) is 0 Å². The second-order valence-electron chi connectivity index (χ2n) is 7.12. The van der Waals surface area contributed by atoms with Gasteiger partial charge < -0.3 is 14.8 Å². The lowest BCUT2D eigenvalue weighted by molar-refractivity contribution is -0.130. The van der Waals surface area contributed by atoms with Crippen LogP contribution in [0.4, 0.5) is 0 Å². The number of amides is 2. The van der Waals surface area contributed by atoms with Crippen LogP contribution in [0.2, 0.25) is 5.02 Å². The van der Waals surface area contributed by atoms with Crippen LogP contribution in [-0.4, -0.2) is 39.4 Å². The van der Waals surface area contributed by atoms with E-state index in [1.165, 1.54) is 0 Å². The number of aromatic nitrogens is 2. The van der Waals surface area contributed by atoms with Gasteiger partial charge in [-0.15, -0.1) is 13.2 Å². The third kappa shape index (κ3) is 5.22. The third-order valence-electron chi connectivity index (χ3n) is 4.87. The van der Waals surface area contributed by atoms with Crippen LogP contribution in [0, 0.1) is 0 Å². The molecule has 0 saturated carbocycles. The summed E-state index contributed by atoms with van der Waals surface area (Å²) in [4.78, 5) is 32.0. The summed E-state index contributed by atoms with van der Waals surface area (Å²) in [6, 6.07) is 13.8. The molecule has 2 aromatic carbocycles. The summed E-state index contributed by atoms with van der Waals surface area (Å²) in [6.07, 6.45) is 3.37. The molecule has 0 aliphatic carbocycles. The quantitative estimate of drug-likeness (QED) is 0.506. The summed E-state index contributed by atoms with van der Waals surface area (Å²) >= 11 is 5.91. The highest BCUT2D eigenvalue weighted by Crippen LogP contribution is 2.22. The maximum Gasteiger partial charge on any atom is 0.251 e. The van der Waals surface area contributed by atoms with Crippen molar-refractivity contribution < 1.29 is 9.59 Å². The van der Waals surface area contributed by atoms with Gasteiger partial charge in [-0.2, -0.15) is 0 Å². The van der Waals surface area contributed by atoms with E-state index >= 15 is 0 Å². The summed E-state index contributed by atoms with van der Waals surface area (Å²) in [7, 11) is 0. The largest absolute Gasteiger partial charge is 0.342 e. The Morgan fingerprint density at radius 2 is 1.77 bits per heavy atom. The SMILES string of the molecule is C=CCN(CC=C)C(=O)Cn1c(C(C)NC(=O)c2ccc(Cl)cc2)nc2ccccc21. The predicted octanol–water partition coefficient (Wildman–Crippen LogP) is 4.38. The zero-order valence-electron chi connectivity index (χ0n) is 17.4. The number of carbonyl (C=O) groups excluding carboxylic acids is 2. The molecular weight excluding hydrogens is 412 g/mol. The van der Waals surface area contributed by atoms with Crippen molar-refractivity contribution in [3.05, 3.63) is 90.3 Å². The number of halogens is 1.